The predicted molar refractivity (Wildman–Crippen MR) is 145 cm³/mol. The van der Waals surface area contributed by atoms with Crippen LogP contribution in [0.5, 0.6) is 5.75 Å². The normalized spacial score (nSPS) is 12.0. The lowest BCUT2D eigenvalue weighted by molar-refractivity contribution is -0.143. The molecule has 36 heavy (non-hydrogen) atoms. The number of amides is 2. The monoisotopic (exact) mass is 486 g/mol. The molecular formula is C31H38N2O3. The molecule has 0 spiro atoms. The molecule has 0 saturated heterocycles. The molecule has 190 valence electrons. The minimum Gasteiger partial charge on any atom is -0.484 e. The number of rotatable bonds is 10. The lowest BCUT2D eigenvalue weighted by Gasteiger charge is -2.34. The van der Waals surface area contributed by atoms with E-state index in [2.05, 4.69) is 12.2 Å². The first-order chi connectivity index (χ1) is 17.2. The van der Waals surface area contributed by atoms with Crippen LogP contribution in [0.4, 0.5) is 0 Å². The SMILES string of the molecule is CCc1ccc(OCC(=O)N(Cc2ccccc2C)[C@H](Cc2ccccc2)C(=O)NC(C)(C)C)cc1. The van der Waals surface area contributed by atoms with Gasteiger partial charge >= 0.3 is 0 Å². The molecule has 5 heteroatoms. The second-order valence-electron chi connectivity index (χ2n) is 10.2. The van der Waals surface area contributed by atoms with Crippen LogP contribution in [-0.2, 0) is 29.0 Å². The van der Waals surface area contributed by atoms with Gasteiger partial charge in [-0.05, 0) is 68.5 Å². The third-order valence-corrected chi connectivity index (χ3v) is 6.07. The van der Waals surface area contributed by atoms with E-state index in [0.29, 0.717) is 18.7 Å². The van der Waals surface area contributed by atoms with Crippen LogP contribution < -0.4 is 10.1 Å². The van der Waals surface area contributed by atoms with Crippen molar-refractivity contribution in [3.05, 3.63) is 101 Å². The number of benzene rings is 3. The summed E-state index contributed by atoms with van der Waals surface area (Å²) in [6, 6.07) is 24.8. The Morgan fingerprint density at radius 2 is 1.53 bits per heavy atom. The Hall–Kier alpha value is -3.60. The molecule has 3 aromatic carbocycles. The van der Waals surface area contributed by atoms with Crippen LogP contribution in [0.2, 0.25) is 0 Å². The van der Waals surface area contributed by atoms with Crippen molar-refractivity contribution >= 4 is 11.8 Å². The summed E-state index contributed by atoms with van der Waals surface area (Å²) in [6.07, 6.45) is 1.35. The van der Waals surface area contributed by atoms with Crippen molar-refractivity contribution in [2.24, 2.45) is 0 Å². The number of nitrogens with zero attached hydrogens (tertiary/aromatic N) is 1. The number of hydrogen-bond donors (Lipinski definition) is 1. The van der Waals surface area contributed by atoms with Gasteiger partial charge in [-0.3, -0.25) is 9.59 Å². The highest BCUT2D eigenvalue weighted by Crippen LogP contribution is 2.19. The summed E-state index contributed by atoms with van der Waals surface area (Å²) in [5, 5.41) is 3.09. The summed E-state index contributed by atoms with van der Waals surface area (Å²) in [6.45, 7) is 10.1. The van der Waals surface area contributed by atoms with Crippen molar-refractivity contribution in [1.29, 1.82) is 0 Å². The lowest BCUT2D eigenvalue weighted by Crippen LogP contribution is -2.55. The summed E-state index contributed by atoms with van der Waals surface area (Å²) < 4.78 is 5.87. The Balaban J connectivity index is 1.92. The molecule has 0 aliphatic heterocycles. The Bertz CT molecular complexity index is 1130. The number of carbonyl (C=O) groups is 2. The molecule has 0 unspecified atom stereocenters. The first kappa shape index (κ1) is 27.0. The summed E-state index contributed by atoms with van der Waals surface area (Å²) >= 11 is 0. The topological polar surface area (TPSA) is 58.6 Å². The van der Waals surface area contributed by atoms with Gasteiger partial charge in [0.1, 0.15) is 11.8 Å². The Morgan fingerprint density at radius 3 is 2.14 bits per heavy atom. The van der Waals surface area contributed by atoms with Gasteiger partial charge in [-0.1, -0.05) is 73.7 Å². The molecule has 0 bridgehead atoms. The highest BCUT2D eigenvalue weighted by Gasteiger charge is 2.32. The molecule has 0 aliphatic carbocycles. The molecule has 0 radical (unpaired) electrons. The fraction of sp³-hybridized carbons (Fsp3) is 0.355. The zero-order valence-corrected chi connectivity index (χ0v) is 22.1. The van der Waals surface area contributed by atoms with Gasteiger partial charge in [0.05, 0.1) is 0 Å². The standard InChI is InChI=1S/C31H38N2O3/c1-6-24-16-18-27(19-17-24)36-22-29(34)33(21-26-15-11-10-12-23(26)2)28(30(35)32-31(3,4)5)20-25-13-8-7-9-14-25/h7-19,28H,6,20-22H2,1-5H3,(H,32,35)/t28-/m1/s1. The number of carbonyl (C=O) groups excluding carboxylic acids is 2. The molecule has 0 aromatic heterocycles. The average Bonchev–Trinajstić information content (AvgIpc) is 2.85. The third-order valence-electron chi connectivity index (χ3n) is 6.07. The second-order valence-corrected chi connectivity index (χ2v) is 10.2. The van der Waals surface area contributed by atoms with E-state index in [-0.39, 0.29) is 18.4 Å². The minimum atomic E-state index is -0.690. The van der Waals surface area contributed by atoms with Crippen LogP contribution in [0.25, 0.3) is 0 Å². The van der Waals surface area contributed by atoms with E-state index in [1.165, 1.54) is 5.56 Å². The summed E-state index contributed by atoms with van der Waals surface area (Å²) in [5.41, 5.74) is 3.84. The Kier molecular flexibility index (Phi) is 9.29. The maximum atomic E-state index is 13.7. The highest BCUT2D eigenvalue weighted by atomic mass is 16.5. The predicted octanol–water partition coefficient (Wildman–Crippen LogP) is 5.49. The molecular weight excluding hydrogens is 448 g/mol. The zero-order valence-electron chi connectivity index (χ0n) is 22.1. The van der Waals surface area contributed by atoms with E-state index >= 15 is 0 Å². The van der Waals surface area contributed by atoms with Crippen LogP contribution in [-0.4, -0.2) is 34.9 Å². The van der Waals surface area contributed by atoms with E-state index < -0.39 is 11.6 Å². The van der Waals surface area contributed by atoms with Gasteiger partial charge in [0.25, 0.3) is 5.91 Å². The molecule has 2 amide bonds. The zero-order chi connectivity index (χ0) is 26.1. The lowest BCUT2D eigenvalue weighted by atomic mass is 10.00. The van der Waals surface area contributed by atoms with Gasteiger partial charge in [0.15, 0.2) is 6.61 Å². The first-order valence-corrected chi connectivity index (χ1v) is 12.6. The number of ether oxygens (including phenoxy) is 1. The molecule has 0 aliphatic rings. The second kappa shape index (κ2) is 12.4. The van der Waals surface area contributed by atoms with Crippen LogP contribution >= 0.6 is 0 Å². The highest BCUT2D eigenvalue weighted by molar-refractivity contribution is 5.89. The van der Waals surface area contributed by atoms with Gasteiger partial charge in [-0.2, -0.15) is 0 Å². The van der Waals surface area contributed by atoms with E-state index in [9.17, 15) is 9.59 Å². The summed E-state index contributed by atoms with van der Waals surface area (Å²) in [7, 11) is 0. The molecule has 1 N–H and O–H groups in total. The van der Waals surface area contributed by atoms with Gasteiger partial charge < -0.3 is 15.0 Å². The quantitative estimate of drug-likeness (QED) is 0.412. The van der Waals surface area contributed by atoms with Crippen LogP contribution in [0.15, 0.2) is 78.9 Å². The number of nitrogens with one attached hydrogen (secondary N) is 1. The van der Waals surface area contributed by atoms with Crippen LogP contribution in [0, 0.1) is 6.92 Å². The van der Waals surface area contributed by atoms with Crippen molar-refractivity contribution in [3.8, 4) is 5.75 Å². The Morgan fingerprint density at radius 1 is 0.889 bits per heavy atom. The van der Waals surface area contributed by atoms with Gasteiger partial charge in [-0.15, -0.1) is 0 Å². The van der Waals surface area contributed by atoms with Crippen molar-refractivity contribution in [2.75, 3.05) is 6.61 Å². The van der Waals surface area contributed by atoms with Gasteiger partial charge in [0.2, 0.25) is 5.91 Å². The van der Waals surface area contributed by atoms with Crippen LogP contribution in [0.3, 0.4) is 0 Å². The van der Waals surface area contributed by atoms with Crippen molar-refractivity contribution in [3.63, 3.8) is 0 Å². The smallest absolute Gasteiger partial charge is 0.261 e. The third kappa shape index (κ3) is 7.98. The first-order valence-electron chi connectivity index (χ1n) is 12.6. The van der Waals surface area contributed by atoms with E-state index in [4.69, 9.17) is 4.74 Å². The number of aryl methyl sites for hydroxylation is 2. The average molecular weight is 487 g/mol. The van der Waals surface area contributed by atoms with Gasteiger partial charge in [0, 0.05) is 18.5 Å². The molecule has 0 fully saturated rings. The van der Waals surface area contributed by atoms with E-state index in [1.807, 2.05) is 107 Å². The number of hydrogen-bond acceptors (Lipinski definition) is 3. The van der Waals surface area contributed by atoms with Crippen LogP contribution in [0.1, 0.15) is 49.9 Å². The fourth-order valence-electron chi connectivity index (χ4n) is 4.03. The maximum absolute atomic E-state index is 13.7. The molecule has 3 aromatic rings. The molecule has 0 saturated carbocycles. The van der Waals surface area contributed by atoms with Crippen molar-refractivity contribution in [2.45, 2.75) is 65.6 Å². The summed E-state index contributed by atoms with van der Waals surface area (Å²) in [5.74, 6) is 0.221. The largest absolute Gasteiger partial charge is 0.484 e. The summed E-state index contributed by atoms with van der Waals surface area (Å²) in [4.78, 5) is 28.9. The van der Waals surface area contributed by atoms with Gasteiger partial charge in [-0.25, -0.2) is 0 Å². The molecule has 0 heterocycles. The fourth-order valence-corrected chi connectivity index (χ4v) is 4.03. The van der Waals surface area contributed by atoms with E-state index in [0.717, 1.165) is 23.1 Å². The molecule has 3 rings (SSSR count). The van der Waals surface area contributed by atoms with Crippen molar-refractivity contribution in [1.82, 2.24) is 10.2 Å². The Labute approximate surface area is 215 Å². The van der Waals surface area contributed by atoms with E-state index in [1.54, 1.807) is 4.90 Å². The molecule has 1 atom stereocenters. The van der Waals surface area contributed by atoms with Crippen molar-refractivity contribution < 1.29 is 14.3 Å². The minimum absolute atomic E-state index is 0.147. The molecule has 5 nitrogen and oxygen atoms in total. The maximum Gasteiger partial charge on any atom is 0.261 e.